The van der Waals surface area contributed by atoms with Crippen LogP contribution in [-0.4, -0.2) is 18.0 Å². The summed E-state index contributed by atoms with van der Waals surface area (Å²) >= 11 is 0. The van der Waals surface area contributed by atoms with Crippen molar-refractivity contribution >= 4 is 18.4 Å². The van der Waals surface area contributed by atoms with Crippen LogP contribution < -0.4 is 10.4 Å². The highest BCUT2D eigenvalue weighted by Gasteiger charge is 2.41. The fourth-order valence-corrected chi connectivity index (χ4v) is 9.98. The smallest absolute Gasteiger partial charge is 0.160 e. The molecule has 0 saturated heterocycles. The standard InChI is InChI=1S/C42H32N2Si/c1-45(2)38-22-10-9-21-37(38)40-41(45)39(36-20-12-19-35(28-36)30-15-7-4-8-16-30)43-42(44-40)32-25-23-31(24-26-32)34-18-11-17-33(27-34)29-13-5-3-6-14-29/h3-28H,1-2H3. The van der Waals surface area contributed by atoms with Crippen LogP contribution in [0.5, 0.6) is 0 Å². The predicted molar refractivity (Wildman–Crippen MR) is 191 cm³/mol. The highest BCUT2D eigenvalue weighted by molar-refractivity contribution is 7.04. The third kappa shape index (κ3) is 4.82. The third-order valence-electron chi connectivity index (χ3n) is 9.08. The van der Waals surface area contributed by atoms with Crippen LogP contribution in [0, 0.1) is 0 Å². The Hall–Kier alpha value is -5.38. The van der Waals surface area contributed by atoms with Gasteiger partial charge in [0.2, 0.25) is 0 Å². The van der Waals surface area contributed by atoms with Crippen molar-refractivity contribution < 1.29 is 0 Å². The maximum atomic E-state index is 5.38. The van der Waals surface area contributed by atoms with E-state index >= 15 is 0 Å². The molecule has 2 heterocycles. The number of rotatable bonds is 5. The van der Waals surface area contributed by atoms with Gasteiger partial charge in [-0.15, -0.1) is 0 Å². The zero-order valence-corrected chi connectivity index (χ0v) is 26.4. The van der Waals surface area contributed by atoms with Gasteiger partial charge in [-0.3, -0.25) is 0 Å². The molecule has 1 aromatic heterocycles. The summed E-state index contributed by atoms with van der Waals surface area (Å²) in [4.78, 5) is 10.7. The Balaban J connectivity index is 1.25. The summed E-state index contributed by atoms with van der Waals surface area (Å²) in [6.45, 7) is 4.87. The Morgan fingerprint density at radius 3 is 1.44 bits per heavy atom. The molecule has 6 aromatic carbocycles. The van der Waals surface area contributed by atoms with Crippen molar-refractivity contribution in [3.63, 3.8) is 0 Å². The first-order valence-electron chi connectivity index (χ1n) is 15.5. The fourth-order valence-electron chi connectivity index (χ4n) is 6.75. The molecule has 0 radical (unpaired) electrons. The molecular formula is C42H32N2Si. The van der Waals surface area contributed by atoms with Crippen molar-refractivity contribution in [3.8, 4) is 67.3 Å². The summed E-state index contributed by atoms with van der Waals surface area (Å²) in [5.74, 6) is 0.764. The minimum absolute atomic E-state index is 0.764. The molecule has 45 heavy (non-hydrogen) atoms. The van der Waals surface area contributed by atoms with Gasteiger partial charge in [-0.25, -0.2) is 9.97 Å². The fraction of sp³-hybridized carbons (Fsp3) is 0.0476. The summed E-state index contributed by atoms with van der Waals surface area (Å²) in [7, 11) is -2.04. The lowest BCUT2D eigenvalue weighted by Gasteiger charge is -2.22. The van der Waals surface area contributed by atoms with E-state index in [0.717, 1.165) is 28.3 Å². The van der Waals surface area contributed by atoms with Gasteiger partial charge in [0.25, 0.3) is 0 Å². The van der Waals surface area contributed by atoms with Crippen molar-refractivity contribution in [3.05, 3.63) is 158 Å². The van der Waals surface area contributed by atoms with Crippen LogP contribution in [0.3, 0.4) is 0 Å². The molecule has 3 heteroatoms. The zero-order valence-electron chi connectivity index (χ0n) is 25.4. The van der Waals surface area contributed by atoms with Gasteiger partial charge in [-0.05, 0) is 61.5 Å². The van der Waals surface area contributed by atoms with Crippen LogP contribution in [0.2, 0.25) is 13.1 Å². The molecule has 0 N–H and O–H groups in total. The molecule has 0 amide bonds. The van der Waals surface area contributed by atoms with Crippen LogP contribution in [0.15, 0.2) is 158 Å². The van der Waals surface area contributed by atoms with E-state index in [1.165, 1.54) is 49.3 Å². The Kier molecular flexibility index (Phi) is 6.62. The summed E-state index contributed by atoms with van der Waals surface area (Å²) in [6.07, 6.45) is 0. The monoisotopic (exact) mass is 592 g/mol. The number of benzene rings is 6. The molecule has 8 rings (SSSR count). The highest BCUT2D eigenvalue weighted by Crippen LogP contribution is 2.35. The summed E-state index contributed by atoms with van der Waals surface area (Å²) < 4.78 is 0. The molecule has 7 aromatic rings. The average molecular weight is 593 g/mol. The van der Waals surface area contributed by atoms with E-state index in [4.69, 9.17) is 9.97 Å². The molecule has 0 fully saturated rings. The van der Waals surface area contributed by atoms with Crippen molar-refractivity contribution in [1.82, 2.24) is 9.97 Å². The quantitative estimate of drug-likeness (QED) is 0.186. The predicted octanol–water partition coefficient (Wildman–Crippen LogP) is 9.61. The Morgan fingerprint density at radius 2 is 0.822 bits per heavy atom. The molecule has 1 aliphatic heterocycles. The normalized spacial score (nSPS) is 12.8. The number of fused-ring (bicyclic) bond motifs is 3. The second-order valence-corrected chi connectivity index (χ2v) is 16.5. The van der Waals surface area contributed by atoms with E-state index in [2.05, 4.69) is 171 Å². The highest BCUT2D eigenvalue weighted by atomic mass is 28.3. The average Bonchev–Trinajstić information content (AvgIpc) is 3.35. The van der Waals surface area contributed by atoms with Gasteiger partial charge in [0.05, 0.1) is 11.4 Å². The lowest BCUT2D eigenvalue weighted by molar-refractivity contribution is 1.20. The van der Waals surface area contributed by atoms with Gasteiger partial charge in [0.15, 0.2) is 5.82 Å². The van der Waals surface area contributed by atoms with Gasteiger partial charge in [-0.1, -0.05) is 159 Å². The Bertz CT molecular complexity index is 2170. The molecule has 0 saturated carbocycles. The summed E-state index contributed by atoms with van der Waals surface area (Å²) in [5.41, 5.74) is 12.8. The molecule has 0 atom stereocenters. The first kappa shape index (κ1) is 27.2. The molecule has 0 aliphatic carbocycles. The van der Waals surface area contributed by atoms with Crippen molar-refractivity contribution in [2.75, 3.05) is 0 Å². The zero-order chi connectivity index (χ0) is 30.4. The van der Waals surface area contributed by atoms with Crippen molar-refractivity contribution in [2.45, 2.75) is 13.1 Å². The third-order valence-corrected chi connectivity index (χ3v) is 12.6. The Labute approximate surface area is 265 Å². The maximum Gasteiger partial charge on any atom is 0.160 e. The van der Waals surface area contributed by atoms with Crippen molar-refractivity contribution in [1.29, 1.82) is 0 Å². The van der Waals surface area contributed by atoms with Crippen LogP contribution in [-0.2, 0) is 0 Å². The van der Waals surface area contributed by atoms with E-state index < -0.39 is 8.07 Å². The number of hydrogen-bond acceptors (Lipinski definition) is 2. The van der Waals surface area contributed by atoms with E-state index in [1.807, 2.05) is 0 Å². The minimum Gasteiger partial charge on any atom is -0.228 e. The van der Waals surface area contributed by atoms with E-state index in [1.54, 1.807) is 0 Å². The molecule has 0 unspecified atom stereocenters. The van der Waals surface area contributed by atoms with Gasteiger partial charge in [0, 0.05) is 11.1 Å². The Morgan fingerprint density at radius 1 is 0.378 bits per heavy atom. The first-order chi connectivity index (χ1) is 22.1. The van der Waals surface area contributed by atoms with E-state index in [9.17, 15) is 0 Å². The molecule has 214 valence electrons. The van der Waals surface area contributed by atoms with E-state index in [-0.39, 0.29) is 0 Å². The molecule has 0 bridgehead atoms. The molecule has 2 nitrogen and oxygen atoms in total. The first-order valence-corrected chi connectivity index (χ1v) is 18.5. The summed E-state index contributed by atoms with van der Waals surface area (Å²) in [6, 6.07) is 56.2. The summed E-state index contributed by atoms with van der Waals surface area (Å²) in [5, 5.41) is 2.76. The lowest BCUT2D eigenvalue weighted by Crippen LogP contribution is -2.50. The number of aromatic nitrogens is 2. The molecular weight excluding hydrogens is 561 g/mol. The minimum atomic E-state index is -2.04. The lowest BCUT2D eigenvalue weighted by atomic mass is 9.98. The van der Waals surface area contributed by atoms with Crippen molar-refractivity contribution in [2.24, 2.45) is 0 Å². The van der Waals surface area contributed by atoms with E-state index in [0.29, 0.717) is 0 Å². The van der Waals surface area contributed by atoms with Gasteiger partial charge in [0.1, 0.15) is 8.07 Å². The second-order valence-electron chi connectivity index (χ2n) is 12.3. The van der Waals surface area contributed by atoms with Crippen LogP contribution in [0.1, 0.15) is 0 Å². The van der Waals surface area contributed by atoms with Crippen LogP contribution >= 0.6 is 0 Å². The molecule has 0 spiro atoms. The maximum absolute atomic E-state index is 5.38. The number of hydrogen-bond donors (Lipinski definition) is 0. The van der Waals surface area contributed by atoms with Gasteiger partial charge < -0.3 is 0 Å². The van der Waals surface area contributed by atoms with Gasteiger partial charge >= 0.3 is 0 Å². The second kappa shape index (κ2) is 11.0. The molecule has 1 aliphatic rings. The van der Waals surface area contributed by atoms with Crippen LogP contribution in [0.4, 0.5) is 0 Å². The number of nitrogens with zero attached hydrogens (tertiary/aromatic N) is 2. The topological polar surface area (TPSA) is 25.8 Å². The largest absolute Gasteiger partial charge is 0.228 e. The SMILES string of the molecule is C[Si]1(C)c2ccccc2-c2nc(-c3ccc(-c4cccc(-c5ccccc5)c4)cc3)nc(-c3cccc(-c4ccccc4)c3)c21. The van der Waals surface area contributed by atoms with Gasteiger partial charge in [-0.2, -0.15) is 0 Å². The van der Waals surface area contributed by atoms with Crippen LogP contribution in [0.25, 0.3) is 67.3 Å².